The van der Waals surface area contributed by atoms with Gasteiger partial charge in [0.25, 0.3) is 0 Å². The predicted octanol–water partition coefficient (Wildman–Crippen LogP) is 2.50. The molecule has 1 rings (SSSR count). The topological polar surface area (TPSA) is 49.9 Å². The van der Waals surface area contributed by atoms with E-state index in [1.54, 1.807) is 7.05 Å². The molecule has 2 amide bonds. The van der Waals surface area contributed by atoms with E-state index in [0.717, 1.165) is 25.9 Å². The van der Waals surface area contributed by atoms with Crippen LogP contribution >= 0.6 is 0 Å². The van der Waals surface area contributed by atoms with Crippen molar-refractivity contribution < 1.29 is 14.3 Å². The molecule has 20 heavy (non-hydrogen) atoms. The van der Waals surface area contributed by atoms with Gasteiger partial charge in [-0.15, -0.1) is 0 Å². The van der Waals surface area contributed by atoms with Gasteiger partial charge >= 0.3 is 6.09 Å². The minimum absolute atomic E-state index is 0.00691. The molecular weight excluding hydrogens is 256 g/mol. The molecule has 1 aliphatic rings. The van der Waals surface area contributed by atoms with Crippen LogP contribution in [0.2, 0.25) is 0 Å². The first-order valence-corrected chi connectivity index (χ1v) is 7.41. The first-order valence-electron chi connectivity index (χ1n) is 7.41. The monoisotopic (exact) mass is 284 g/mol. The highest BCUT2D eigenvalue weighted by molar-refractivity contribution is 5.82. The van der Waals surface area contributed by atoms with Crippen LogP contribution in [0.15, 0.2) is 0 Å². The third-order valence-corrected chi connectivity index (χ3v) is 3.45. The smallest absolute Gasteiger partial charge is 0.410 e. The molecule has 1 atom stereocenters. The summed E-state index contributed by atoms with van der Waals surface area (Å²) >= 11 is 0. The van der Waals surface area contributed by atoms with Crippen molar-refractivity contribution in [3.05, 3.63) is 0 Å². The van der Waals surface area contributed by atoms with E-state index >= 15 is 0 Å². The first kappa shape index (κ1) is 16.8. The molecule has 5 heteroatoms. The summed E-state index contributed by atoms with van der Waals surface area (Å²) in [5.74, 6) is 0.684. The molecule has 1 saturated heterocycles. The number of ether oxygens (including phenoxy) is 1. The fourth-order valence-corrected chi connectivity index (χ4v) is 2.22. The highest BCUT2D eigenvalue weighted by Gasteiger charge is 2.24. The van der Waals surface area contributed by atoms with E-state index in [0.29, 0.717) is 5.92 Å². The quantitative estimate of drug-likeness (QED) is 0.783. The molecule has 1 heterocycles. The average molecular weight is 284 g/mol. The summed E-state index contributed by atoms with van der Waals surface area (Å²) in [6, 6.07) is 0. The summed E-state index contributed by atoms with van der Waals surface area (Å²) in [4.78, 5) is 27.3. The summed E-state index contributed by atoms with van der Waals surface area (Å²) < 4.78 is 5.25. The third kappa shape index (κ3) is 5.80. The Kier molecular flexibility index (Phi) is 5.84. The second-order valence-electron chi connectivity index (χ2n) is 6.75. The standard InChI is InChI=1S/C15H28N2O3/c1-12-7-6-9-17(10-8-12)13(18)11-16(5)14(19)20-15(2,3)4/h12H,6-11H2,1-5H3. The highest BCUT2D eigenvalue weighted by Crippen LogP contribution is 2.16. The van der Waals surface area contributed by atoms with E-state index in [1.807, 2.05) is 25.7 Å². The van der Waals surface area contributed by atoms with Crippen molar-refractivity contribution in [1.82, 2.24) is 9.80 Å². The van der Waals surface area contributed by atoms with Crippen LogP contribution in [-0.4, -0.2) is 54.1 Å². The highest BCUT2D eigenvalue weighted by atomic mass is 16.6. The zero-order valence-electron chi connectivity index (χ0n) is 13.4. The number of hydrogen-bond donors (Lipinski definition) is 0. The Morgan fingerprint density at radius 2 is 1.90 bits per heavy atom. The van der Waals surface area contributed by atoms with Gasteiger partial charge < -0.3 is 14.5 Å². The van der Waals surface area contributed by atoms with Crippen LogP contribution < -0.4 is 0 Å². The van der Waals surface area contributed by atoms with Crippen LogP contribution in [0.5, 0.6) is 0 Å². The second-order valence-corrected chi connectivity index (χ2v) is 6.75. The van der Waals surface area contributed by atoms with E-state index in [4.69, 9.17) is 4.74 Å². The van der Waals surface area contributed by atoms with Gasteiger partial charge in [-0.3, -0.25) is 4.79 Å². The Morgan fingerprint density at radius 3 is 2.50 bits per heavy atom. The van der Waals surface area contributed by atoms with Gasteiger partial charge in [0.15, 0.2) is 0 Å². The van der Waals surface area contributed by atoms with Crippen molar-refractivity contribution in [2.24, 2.45) is 5.92 Å². The molecule has 0 aromatic rings. The lowest BCUT2D eigenvalue weighted by molar-refractivity contribution is -0.132. The van der Waals surface area contributed by atoms with Crippen LogP contribution in [0.1, 0.15) is 47.0 Å². The molecule has 0 N–H and O–H groups in total. The van der Waals surface area contributed by atoms with Crippen molar-refractivity contribution in [2.45, 2.75) is 52.6 Å². The molecule has 1 unspecified atom stereocenters. The molecule has 0 spiro atoms. The van der Waals surface area contributed by atoms with Gasteiger partial charge in [-0.25, -0.2) is 4.79 Å². The van der Waals surface area contributed by atoms with Crippen molar-refractivity contribution in [3.63, 3.8) is 0 Å². The lowest BCUT2D eigenvalue weighted by Gasteiger charge is -2.27. The van der Waals surface area contributed by atoms with E-state index in [-0.39, 0.29) is 12.5 Å². The van der Waals surface area contributed by atoms with Gasteiger partial charge in [0, 0.05) is 20.1 Å². The molecule has 0 aromatic heterocycles. The molecule has 1 aliphatic heterocycles. The molecule has 0 bridgehead atoms. The lowest BCUT2D eigenvalue weighted by Crippen LogP contribution is -2.43. The van der Waals surface area contributed by atoms with Crippen LogP contribution in [-0.2, 0) is 9.53 Å². The maximum Gasteiger partial charge on any atom is 0.410 e. The number of hydrogen-bond acceptors (Lipinski definition) is 3. The van der Waals surface area contributed by atoms with Crippen molar-refractivity contribution in [2.75, 3.05) is 26.7 Å². The molecule has 116 valence electrons. The van der Waals surface area contributed by atoms with Crippen LogP contribution in [0.3, 0.4) is 0 Å². The van der Waals surface area contributed by atoms with Crippen LogP contribution in [0.4, 0.5) is 4.79 Å². The van der Waals surface area contributed by atoms with E-state index in [1.165, 1.54) is 11.3 Å². The molecule has 1 fully saturated rings. The van der Waals surface area contributed by atoms with Crippen LogP contribution in [0, 0.1) is 5.92 Å². The van der Waals surface area contributed by atoms with E-state index in [2.05, 4.69) is 6.92 Å². The maximum atomic E-state index is 12.2. The van der Waals surface area contributed by atoms with E-state index < -0.39 is 11.7 Å². The summed E-state index contributed by atoms with van der Waals surface area (Å²) in [5.41, 5.74) is -0.535. The zero-order valence-corrected chi connectivity index (χ0v) is 13.4. The van der Waals surface area contributed by atoms with Crippen LogP contribution in [0.25, 0.3) is 0 Å². The van der Waals surface area contributed by atoms with Gasteiger partial charge in [-0.1, -0.05) is 6.92 Å². The second kappa shape index (κ2) is 6.95. The van der Waals surface area contributed by atoms with Gasteiger partial charge in [-0.05, 0) is 46.0 Å². The maximum absolute atomic E-state index is 12.2. The lowest BCUT2D eigenvalue weighted by atomic mass is 10.0. The number of likely N-dealkylation sites (tertiary alicyclic amines) is 1. The van der Waals surface area contributed by atoms with E-state index in [9.17, 15) is 9.59 Å². The average Bonchev–Trinajstić information content (AvgIpc) is 2.51. The number of carbonyl (C=O) groups excluding carboxylic acids is 2. The Balaban J connectivity index is 2.46. The minimum Gasteiger partial charge on any atom is -0.444 e. The summed E-state index contributed by atoms with van der Waals surface area (Å²) in [7, 11) is 1.60. The normalized spacial score (nSPS) is 20.2. The van der Waals surface area contributed by atoms with Crippen molar-refractivity contribution in [1.29, 1.82) is 0 Å². The number of carbonyl (C=O) groups is 2. The molecule has 0 aromatic carbocycles. The molecule has 0 radical (unpaired) electrons. The van der Waals surface area contributed by atoms with Gasteiger partial charge in [-0.2, -0.15) is 0 Å². The molecular formula is C15H28N2O3. The van der Waals surface area contributed by atoms with Gasteiger partial charge in [0.1, 0.15) is 12.1 Å². The number of nitrogens with zero attached hydrogens (tertiary/aromatic N) is 2. The third-order valence-electron chi connectivity index (χ3n) is 3.45. The predicted molar refractivity (Wildman–Crippen MR) is 78.5 cm³/mol. The molecule has 0 saturated carbocycles. The molecule has 5 nitrogen and oxygen atoms in total. The summed E-state index contributed by atoms with van der Waals surface area (Å²) in [6.07, 6.45) is 2.81. The summed E-state index contributed by atoms with van der Waals surface area (Å²) in [6.45, 7) is 9.35. The molecule has 0 aliphatic carbocycles. The Bertz CT molecular complexity index is 350. The van der Waals surface area contributed by atoms with Gasteiger partial charge in [0.2, 0.25) is 5.91 Å². The number of likely N-dealkylation sites (N-methyl/N-ethyl adjacent to an activating group) is 1. The fourth-order valence-electron chi connectivity index (χ4n) is 2.22. The largest absolute Gasteiger partial charge is 0.444 e. The SMILES string of the molecule is CC1CCCN(C(=O)CN(C)C(=O)OC(C)(C)C)CC1. The van der Waals surface area contributed by atoms with Gasteiger partial charge in [0.05, 0.1) is 0 Å². The number of amides is 2. The zero-order chi connectivity index (χ0) is 15.3. The Hall–Kier alpha value is -1.26. The van der Waals surface area contributed by atoms with Crippen molar-refractivity contribution >= 4 is 12.0 Å². The van der Waals surface area contributed by atoms with Crippen molar-refractivity contribution in [3.8, 4) is 0 Å². The Morgan fingerprint density at radius 1 is 1.25 bits per heavy atom. The number of rotatable bonds is 2. The fraction of sp³-hybridized carbons (Fsp3) is 0.867. The summed E-state index contributed by atoms with van der Waals surface area (Å²) in [5, 5.41) is 0. The Labute approximate surface area is 122 Å². The minimum atomic E-state index is -0.535. The first-order chi connectivity index (χ1) is 9.19.